The van der Waals surface area contributed by atoms with Gasteiger partial charge < -0.3 is 9.67 Å². The summed E-state index contributed by atoms with van der Waals surface area (Å²) in [6.45, 7) is 0.132. The second-order valence-electron chi connectivity index (χ2n) is 6.20. The summed E-state index contributed by atoms with van der Waals surface area (Å²) in [5, 5.41) is 29.1. The van der Waals surface area contributed by atoms with Crippen LogP contribution in [-0.4, -0.2) is 31.4 Å². The number of non-ortho nitro benzene ring substituents is 1. The van der Waals surface area contributed by atoms with Gasteiger partial charge in [-0.1, -0.05) is 12.1 Å². The number of aromatic nitrogens is 3. The van der Waals surface area contributed by atoms with Crippen LogP contribution in [0.4, 0.5) is 5.69 Å². The molecule has 0 unspecified atom stereocenters. The molecule has 1 aliphatic rings. The number of aliphatic hydroxyl groups is 1. The third-order valence-corrected chi connectivity index (χ3v) is 5.11. The number of hydrogen-bond donors (Lipinski definition) is 2. The molecule has 1 saturated carbocycles. The molecule has 7 nitrogen and oxygen atoms in total. The highest BCUT2D eigenvalue weighted by Gasteiger charge is 2.46. The van der Waals surface area contributed by atoms with Crippen molar-refractivity contribution in [2.75, 3.05) is 6.61 Å². The summed E-state index contributed by atoms with van der Waals surface area (Å²) in [6.07, 6.45) is 2.17. The molecule has 0 saturated heterocycles. The predicted octanol–water partition coefficient (Wildman–Crippen LogP) is 1.89. The van der Waals surface area contributed by atoms with Crippen molar-refractivity contribution in [3.8, 4) is 0 Å². The zero-order valence-corrected chi connectivity index (χ0v) is 13.6. The van der Waals surface area contributed by atoms with Crippen molar-refractivity contribution in [2.24, 2.45) is 13.0 Å². The lowest BCUT2D eigenvalue weighted by molar-refractivity contribution is -0.385. The Labute approximate surface area is 138 Å². The maximum Gasteiger partial charge on any atom is 0.269 e. The molecular weight excluding hydrogens is 316 g/mol. The van der Waals surface area contributed by atoms with Crippen LogP contribution in [0.3, 0.4) is 0 Å². The first-order valence-corrected chi connectivity index (χ1v) is 7.83. The van der Waals surface area contributed by atoms with E-state index < -0.39 is 0 Å². The summed E-state index contributed by atoms with van der Waals surface area (Å²) in [7, 11) is 1.85. The lowest BCUT2D eigenvalue weighted by Crippen LogP contribution is -2.45. The number of nitro benzene ring substituents is 1. The largest absolute Gasteiger partial charge is 0.396 e. The lowest BCUT2D eigenvalue weighted by atomic mass is 9.57. The van der Waals surface area contributed by atoms with E-state index in [1.165, 1.54) is 6.07 Å². The number of nitrogens with zero attached hydrogens (tertiary/aromatic N) is 4. The van der Waals surface area contributed by atoms with Gasteiger partial charge in [0.25, 0.3) is 5.69 Å². The van der Waals surface area contributed by atoms with E-state index in [1.807, 2.05) is 17.7 Å². The van der Waals surface area contributed by atoms with Gasteiger partial charge in [0, 0.05) is 37.6 Å². The zero-order chi connectivity index (χ0) is 16.6. The van der Waals surface area contributed by atoms with Crippen molar-refractivity contribution >= 4 is 18.3 Å². The smallest absolute Gasteiger partial charge is 0.269 e. The van der Waals surface area contributed by atoms with Crippen LogP contribution in [0.25, 0.3) is 0 Å². The summed E-state index contributed by atoms with van der Waals surface area (Å²) >= 11 is 4.24. The van der Waals surface area contributed by atoms with Gasteiger partial charge >= 0.3 is 0 Å². The van der Waals surface area contributed by atoms with Gasteiger partial charge in [-0.05, 0) is 24.3 Å². The van der Waals surface area contributed by atoms with Crippen LogP contribution in [0, 0.1) is 16.0 Å². The topological polar surface area (TPSA) is 94.1 Å². The molecule has 0 bridgehead atoms. The summed E-state index contributed by atoms with van der Waals surface area (Å²) in [6, 6.07) is 6.75. The number of nitro groups is 1. The van der Waals surface area contributed by atoms with E-state index in [-0.39, 0.29) is 28.6 Å². The Hall–Kier alpha value is -1.93. The van der Waals surface area contributed by atoms with Crippen molar-refractivity contribution in [3.05, 3.63) is 45.8 Å². The molecule has 0 amide bonds. The number of hydrogen-bond acceptors (Lipinski definition) is 6. The quantitative estimate of drug-likeness (QED) is 0.495. The van der Waals surface area contributed by atoms with Gasteiger partial charge in [-0.15, -0.1) is 22.8 Å². The Morgan fingerprint density at radius 1 is 1.48 bits per heavy atom. The van der Waals surface area contributed by atoms with Crippen LogP contribution in [0.15, 0.2) is 29.4 Å². The molecule has 2 aromatic rings. The summed E-state index contributed by atoms with van der Waals surface area (Å²) in [5.74, 6) is 1.01. The van der Waals surface area contributed by atoms with Crippen LogP contribution in [0.5, 0.6) is 0 Å². The minimum Gasteiger partial charge on any atom is -0.396 e. The highest BCUT2D eigenvalue weighted by atomic mass is 32.1. The van der Waals surface area contributed by atoms with E-state index in [9.17, 15) is 15.2 Å². The van der Waals surface area contributed by atoms with Gasteiger partial charge in [-0.2, -0.15) is 0 Å². The Morgan fingerprint density at radius 3 is 2.78 bits per heavy atom. The number of aliphatic hydroxyl groups excluding tert-OH is 1. The van der Waals surface area contributed by atoms with Crippen molar-refractivity contribution in [1.82, 2.24) is 14.8 Å². The number of thiol groups is 1. The number of rotatable bonds is 5. The standard InChI is InChI=1S/C15H18N4O3S/c1-18-13(16-17-14(18)23)8-15(6-10(7-15)9-20)11-3-2-4-12(5-11)19(21)22/h2-5,10,20H,6-9H2,1H3,(H,17,23). The van der Waals surface area contributed by atoms with Crippen LogP contribution in [0.1, 0.15) is 24.2 Å². The first-order valence-electron chi connectivity index (χ1n) is 7.38. The average molecular weight is 334 g/mol. The molecule has 1 fully saturated rings. The number of benzene rings is 1. The minimum atomic E-state index is -0.381. The molecular formula is C15H18N4O3S. The Morgan fingerprint density at radius 2 is 2.22 bits per heavy atom. The Bertz CT molecular complexity index is 740. The zero-order valence-electron chi connectivity index (χ0n) is 12.7. The molecule has 0 atom stereocenters. The fraction of sp³-hybridized carbons (Fsp3) is 0.467. The monoisotopic (exact) mass is 334 g/mol. The SMILES string of the molecule is Cn1c(S)nnc1CC1(c2cccc([N+](=O)[O-])c2)CC(CO)C1. The lowest BCUT2D eigenvalue weighted by Gasteiger charge is -2.47. The Kier molecular flexibility index (Phi) is 4.11. The summed E-state index contributed by atoms with van der Waals surface area (Å²) in [4.78, 5) is 10.7. The molecule has 8 heteroatoms. The highest BCUT2D eigenvalue weighted by molar-refractivity contribution is 7.80. The van der Waals surface area contributed by atoms with Gasteiger partial charge in [-0.25, -0.2) is 0 Å². The molecule has 122 valence electrons. The normalized spacial score (nSPS) is 23.5. The van der Waals surface area contributed by atoms with Crippen LogP contribution in [0.2, 0.25) is 0 Å². The molecule has 0 aliphatic heterocycles. The van der Waals surface area contributed by atoms with E-state index >= 15 is 0 Å². The maximum atomic E-state index is 11.1. The Balaban J connectivity index is 1.96. The molecule has 1 aliphatic carbocycles. The van der Waals surface area contributed by atoms with Crippen LogP contribution in [-0.2, 0) is 18.9 Å². The molecule has 0 spiro atoms. The summed E-state index contributed by atoms with van der Waals surface area (Å²) in [5.41, 5.74) is 0.753. The van der Waals surface area contributed by atoms with E-state index in [0.717, 1.165) is 24.2 Å². The van der Waals surface area contributed by atoms with Crippen LogP contribution < -0.4 is 0 Å². The van der Waals surface area contributed by atoms with Crippen molar-refractivity contribution in [1.29, 1.82) is 0 Å². The highest BCUT2D eigenvalue weighted by Crippen LogP contribution is 2.50. The molecule has 1 aromatic carbocycles. The fourth-order valence-electron chi connectivity index (χ4n) is 3.41. The predicted molar refractivity (Wildman–Crippen MR) is 86.5 cm³/mol. The van der Waals surface area contributed by atoms with E-state index in [1.54, 1.807) is 12.1 Å². The summed E-state index contributed by atoms with van der Waals surface area (Å²) < 4.78 is 1.81. The average Bonchev–Trinajstić information content (AvgIpc) is 2.82. The molecule has 0 radical (unpaired) electrons. The maximum absolute atomic E-state index is 11.1. The van der Waals surface area contributed by atoms with Crippen molar-refractivity contribution in [3.63, 3.8) is 0 Å². The molecule has 1 heterocycles. The molecule has 1 aromatic heterocycles. The molecule has 3 rings (SSSR count). The van der Waals surface area contributed by atoms with Gasteiger partial charge in [0.05, 0.1) is 4.92 Å². The second kappa shape index (κ2) is 5.93. The molecule has 23 heavy (non-hydrogen) atoms. The van der Waals surface area contributed by atoms with E-state index in [0.29, 0.717) is 11.6 Å². The van der Waals surface area contributed by atoms with Gasteiger partial charge in [0.15, 0.2) is 5.16 Å². The van der Waals surface area contributed by atoms with Crippen molar-refractivity contribution in [2.45, 2.75) is 29.8 Å². The van der Waals surface area contributed by atoms with Gasteiger partial charge in [0.1, 0.15) is 5.82 Å². The van der Waals surface area contributed by atoms with Gasteiger partial charge in [0.2, 0.25) is 0 Å². The van der Waals surface area contributed by atoms with Gasteiger partial charge in [-0.3, -0.25) is 10.1 Å². The fourth-order valence-corrected chi connectivity index (χ4v) is 3.57. The third kappa shape index (κ3) is 2.84. The van der Waals surface area contributed by atoms with E-state index in [4.69, 9.17) is 0 Å². The third-order valence-electron chi connectivity index (χ3n) is 4.72. The first kappa shape index (κ1) is 15.9. The second-order valence-corrected chi connectivity index (χ2v) is 6.60. The van der Waals surface area contributed by atoms with Crippen molar-refractivity contribution < 1.29 is 10.0 Å². The molecule has 1 N–H and O–H groups in total. The van der Waals surface area contributed by atoms with Crippen LogP contribution >= 0.6 is 12.6 Å². The van der Waals surface area contributed by atoms with E-state index in [2.05, 4.69) is 22.8 Å². The minimum absolute atomic E-state index is 0.0853. The first-order chi connectivity index (χ1) is 10.9.